The fraction of sp³-hybridized carbons (Fsp3) is 0.692. The number of amides is 3. The monoisotopic (exact) mass is 524 g/mol. The fourth-order valence-corrected chi connectivity index (χ4v) is 5.34. The number of nitrogens with zero attached hydrogens (tertiary/aromatic N) is 1. The SMILES string of the molecule is CNC[C@H](CC1CCCOC1)NC(=O)N1CCC[C@@H]([C@@H](OCCNC(=O)OC)c2cccc(Cl)c2)C1. The molecule has 2 saturated heterocycles. The minimum Gasteiger partial charge on any atom is -0.453 e. The maximum atomic E-state index is 13.3. The lowest BCUT2D eigenvalue weighted by molar-refractivity contribution is -0.00873. The van der Waals surface area contributed by atoms with Gasteiger partial charge in [0.15, 0.2) is 0 Å². The molecule has 0 bridgehead atoms. The maximum absolute atomic E-state index is 13.3. The van der Waals surface area contributed by atoms with Gasteiger partial charge in [0.05, 0.1) is 19.8 Å². The van der Waals surface area contributed by atoms with E-state index in [1.807, 2.05) is 36.2 Å². The summed E-state index contributed by atoms with van der Waals surface area (Å²) in [6.45, 7) is 4.29. The number of piperidine rings is 1. The summed E-state index contributed by atoms with van der Waals surface area (Å²) in [5.41, 5.74) is 0.971. The van der Waals surface area contributed by atoms with Gasteiger partial charge in [0.2, 0.25) is 0 Å². The van der Waals surface area contributed by atoms with Crippen molar-refractivity contribution in [3.63, 3.8) is 0 Å². The number of likely N-dealkylation sites (tertiary alicyclic amines) is 1. The van der Waals surface area contributed by atoms with Crippen LogP contribution in [0.1, 0.15) is 43.8 Å². The molecule has 3 N–H and O–H groups in total. The van der Waals surface area contributed by atoms with E-state index in [-0.39, 0.29) is 24.1 Å². The van der Waals surface area contributed by atoms with Crippen LogP contribution in [-0.4, -0.2) is 83.2 Å². The van der Waals surface area contributed by atoms with Crippen LogP contribution >= 0.6 is 11.6 Å². The van der Waals surface area contributed by atoms with Crippen LogP contribution in [-0.2, 0) is 14.2 Å². The lowest BCUT2D eigenvalue weighted by Gasteiger charge is -2.38. The fourth-order valence-electron chi connectivity index (χ4n) is 5.14. The summed E-state index contributed by atoms with van der Waals surface area (Å²) in [5, 5.41) is 9.76. The van der Waals surface area contributed by atoms with Crippen LogP contribution in [0.4, 0.5) is 9.59 Å². The van der Waals surface area contributed by atoms with Gasteiger partial charge in [0.1, 0.15) is 0 Å². The number of hydrogen-bond acceptors (Lipinski definition) is 6. The van der Waals surface area contributed by atoms with Gasteiger partial charge in [-0.05, 0) is 62.8 Å². The van der Waals surface area contributed by atoms with E-state index in [0.29, 0.717) is 37.2 Å². The number of ether oxygens (including phenoxy) is 3. The van der Waals surface area contributed by atoms with E-state index in [9.17, 15) is 9.59 Å². The van der Waals surface area contributed by atoms with Crippen molar-refractivity contribution in [3.8, 4) is 0 Å². The Morgan fingerprint density at radius 2 is 2.14 bits per heavy atom. The first-order valence-electron chi connectivity index (χ1n) is 13.0. The van der Waals surface area contributed by atoms with E-state index >= 15 is 0 Å². The lowest BCUT2D eigenvalue weighted by atomic mass is 9.88. The highest BCUT2D eigenvalue weighted by atomic mass is 35.5. The van der Waals surface area contributed by atoms with Gasteiger partial charge in [-0.3, -0.25) is 0 Å². The number of benzene rings is 1. The zero-order chi connectivity index (χ0) is 25.8. The third-order valence-electron chi connectivity index (χ3n) is 6.86. The van der Waals surface area contributed by atoms with Gasteiger partial charge in [-0.25, -0.2) is 9.59 Å². The molecule has 10 heteroatoms. The number of urea groups is 1. The minimum absolute atomic E-state index is 0.0334. The number of nitrogens with one attached hydrogen (secondary N) is 3. The Morgan fingerprint density at radius 1 is 1.28 bits per heavy atom. The summed E-state index contributed by atoms with van der Waals surface area (Å²) in [6, 6.07) is 7.67. The second kappa shape index (κ2) is 15.2. The van der Waals surface area contributed by atoms with E-state index < -0.39 is 6.09 Å². The Kier molecular flexibility index (Phi) is 12.1. The van der Waals surface area contributed by atoms with Crippen LogP contribution in [0.25, 0.3) is 0 Å². The van der Waals surface area contributed by atoms with Crippen molar-refractivity contribution in [2.24, 2.45) is 11.8 Å². The molecule has 0 aromatic heterocycles. The second-order valence-electron chi connectivity index (χ2n) is 9.64. The van der Waals surface area contributed by atoms with E-state index in [2.05, 4.69) is 20.7 Å². The van der Waals surface area contributed by atoms with Gasteiger partial charge in [-0.2, -0.15) is 0 Å². The number of hydrogen-bond donors (Lipinski definition) is 3. The largest absolute Gasteiger partial charge is 0.453 e. The molecule has 36 heavy (non-hydrogen) atoms. The Labute approximate surface area is 219 Å². The van der Waals surface area contributed by atoms with Gasteiger partial charge in [-0.15, -0.1) is 0 Å². The average Bonchev–Trinajstić information content (AvgIpc) is 2.89. The molecule has 9 nitrogen and oxygen atoms in total. The highest BCUT2D eigenvalue weighted by molar-refractivity contribution is 6.30. The van der Waals surface area contributed by atoms with Gasteiger partial charge >= 0.3 is 12.1 Å². The summed E-state index contributed by atoms with van der Waals surface area (Å²) in [4.78, 5) is 26.6. The lowest BCUT2D eigenvalue weighted by Crippen LogP contribution is -2.52. The molecule has 2 aliphatic heterocycles. The summed E-state index contributed by atoms with van der Waals surface area (Å²) < 4.78 is 16.5. The molecule has 0 aliphatic carbocycles. The number of likely N-dealkylation sites (N-methyl/N-ethyl adjacent to an activating group) is 1. The van der Waals surface area contributed by atoms with Crippen molar-refractivity contribution in [2.75, 3.05) is 60.2 Å². The number of methoxy groups -OCH3 is 1. The quantitative estimate of drug-likeness (QED) is 0.382. The molecule has 0 saturated carbocycles. The highest BCUT2D eigenvalue weighted by Crippen LogP contribution is 2.34. The number of alkyl carbamates (subject to hydrolysis) is 1. The van der Waals surface area contributed by atoms with E-state index in [1.54, 1.807) is 0 Å². The summed E-state index contributed by atoms with van der Waals surface area (Å²) in [5.74, 6) is 0.585. The first-order chi connectivity index (χ1) is 17.5. The normalized spacial score (nSPS) is 21.9. The van der Waals surface area contributed by atoms with Crippen LogP contribution in [0.3, 0.4) is 0 Å². The van der Waals surface area contributed by atoms with Crippen molar-refractivity contribution in [1.29, 1.82) is 0 Å². The molecule has 4 atom stereocenters. The molecule has 2 fully saturated rings. The molecule has 0 spiro atoms. The molecule has 2 aliphatic rings. The second-order valence-corrected chi connectivity index (χ2v) is 10.1. The van der Waals surface area contributed by atoms with Crippen LogP contribution in [0.15, 0.2) is 24.3 Å². The molecule has 1 aromatic carbocycles. The molecular formula is C26H41ClN4O5. The van der Waals surface area contributed by atoms with Crippen LogP contribution in [0, 0.1) is 11.8 Å². The molecule has 2 heterocycles. The number of rotatable bonds is 11. The Balaban J connectivity index is 1.62. The highest BCUT2D eigenvalue weighted by Gasteiger charge is 2.32. The van der Waals surface area contributed by atoms with Crippen LogP contribution in [0.5, 0.6) is 0 Å². The van der Waals surface area contributed by atoms with Crippen molar-refractivity contribution in [3.05, 3.63) is 34.9 Å². The molecule has 202 valence electrons. The molecule has 1 aromatic rings. The van der Waals surface area contributed by atoms with Gasteiger partial charge in [0.25, 0.3) is 0 Å². The average molecular weight is 525 g/mol. The van der Waals surface area contributed by atoms with Crippen molar-refractivity contribution in [2.45, 2.75) is 44.2 Å². The molecule has 1 unspecified atom stereocenters. The predicted molar refractivity (Wildman–Crippen MR) is 139 cm³/mol. The topological polar surface area (TPSA) is 101 Å². The zero-order valence-corrected chi connectivity index (χ0v) is 22.2. The van der Waals surface area contributed by atoms with Crippen molar-refractivity contribution >= 4 is 23.7 Å². The van der Waals surface area contributed by atoms with Gasteiger partial charge < -0.3 is 35.1 Å². The third kappa shape index (κ3) is 9.10. The Morgan fingerprint density at radius 3 is 2.86 bits per heavy atom. The van der Waals surface area contributed by atoms with E-state index in [4.69, 9.17) is 21.1 Å². The summed E-state index contributed by atoms with van der Waals surface area (Å²) in [6.07, 6.45) is 4.23. The number of carbonyl (C=O) groups excluding carboxylic acids is 2. The maximum Gasteiger partial charge on any atom is 0.406 e. The molecule has 0 radical (unpaired) electrons. The van der Waals surface area contributed by atoms with E-state index in [0.717, 1.165) is 57.4 Å². The number of halogens is 1. The zero-order valence-electron chi connectivity index (χ0n) is 21.5. The standard InChI is InChI=1S/C26H41ClN4O5/c1-28-16-23(14-19-6-5-12-35-18-19)30-25(32)31-11-4-8-21(17-31)24(20-7-3-9-22(27)15-20)36-13-10-29-26(33)34-2/h3,7,9,15,19,21,23-24,28H,4-6,8,10-14,16-18H2,1-2H3,(H,29,33)(H,30,32)/t19?,21-,23+,24+/m1/s1. The number of carbonyl (C=O) groups is 2. The molecule has 3 rings (SSSR count). The van der Waals surface area contributed by atoms with E-state index in [1.165, 1.54) is 7.11 Å². The van der Waals surface area contributed by atoms with Crippen LogP contribution < -0.4 is 16.0 Å². The van der Waals surface area contributed by atoms with Crippen molar-refractivity contribution < 1.29 is 23.8 Å². The summed E-state index contributed by atoms with van der Waals surface area (Å²) >= 11 is 6.28. The molecular weight excluding hydrogens is 484 g/mol. The Hall–Kier alpha value is -2.07. The predicted octanol–water partition coefficient (Wildman–Crippen LogP) is 3.58. The van der Waals surface area contributed by atoms with Gasteiger partial charge in [0, 0.05) is 56.4 Å². The molecule has 3 amide bonds. The summed E-state index contributed by atoms with van der Waals surface area (Å²) in [7, 11) is 3.24. The smallest absolute Gasteiger partial charge is 0.406 e. The Bertz CT molecular complexity index is 823. The first kappa shape index (κ1) is 28.5. The minimum atomic E-state index is -0.491. The van der Waals surface area contributed by atoms with Crippen molar-refractivity contribution in [1.82, 2.24) is 20.9 Å². The van der Waals surface area contributed by atoms with Gasteiger partial charge in [-0.1, -0.05) is 23.7 Å². The first-order valence-corrected chi connectivity index (χ1v) is 13.3. The van der Waals surface area contributed by atoms with Crippen LogP contribution in [0.2, 0.25) is 5.02 Å². The third-order valence-corrected chi connectivity index (χ3v) is 7.09.